The van der Waals surface area contributed by atoms with Crippen LogP contribution in [0.5, 0.6) is 0 Å². The monoisotopic (exact) mass is 468 g/mol. The van der Waals surface area contributed by atoms with E-state index in [1.165, 1.54) is 35.5 Å². The molecule has 0 unspecified atom stereocenters. The lowest BCUT2D eigenvalue weighted by Crippen LogP contribution is -2.38. The van der Waals surface area contributed by atoms with Crippen molar-refractivity contribution in [2.75, 3.05) is 37.0 Å². The van der Waals surface area contributed by atoms with Crippen LogP contribution in [0.3, 0.4) is 0 Å². The number of rotatable bonds is 0. The number of hydrogen-bond donors (Lipinski definition) is 0. The van der Waals surface area contributed by atoms with Crippen LogP contribution in [0.15, 0.2) is 0 Å². The fourth-order valence-corrected chi connectivity index (χ4v) is 14.0. The molecule has 6 aliphatic heterocycles. The van der Waals surface area contributed by atoms with Gasteiger partial charge in [0, 0.05) is 0 Å². The van der Waals surface area contributed by atoms with Crippen LogP contribution in [-0.4, -0.2) is 37.0 Å². The highest BCUT2D eigenvalue weighted by atomic mass is 79.9. The molecule has 22 heavy (non-hydrogen) atoms. The predicted octanol–water partition coefficient (Wildman–Crippen LogP) is 6.21. The summed E-state index contributed by atoms with van der Waals surface area (Å²) in [5, 5.41) is 0. The third kappa shape index (κ3) is 3.81. The molecule has 2 aliphatic carbocycles. The summed E-state index contributed by atoms with van der Waals surface area (Å²) in [6, 6.07) is 0. The van der Waals surface area contributed by atoms with Crippen LogP contribution >= 0.6 is 49.8 Å². The number of halogens is 2. The van der Waals surface area contributed by atoms with E-state index in [2.05, 4.69) is 0 Å². The highest BCUT2D eigenvalue weighted by Crippen LogP contribution is 2.60. The third-order valence-corrected chi connectivity index (χ3v) is 13.3. The van der Waals surface area contributed by atoms with Crippen LogP contribution in [0.4, 0.5) is 0 Å². The van der Waals surface area contributed by atoms with Crippen LogP contribution < -0.4 is 0 Å². The zero-order valence-corrected chi connectivity index (χ0v) is 18.9. The van der Waals surface area contributed by atoms with E-state index < -0.39 is 0 Å². The molecular formula is C18H32Br2P2. The van der Waals surface area contributed by atoms with E-state index in [1.807, 2.05) is 0 Å². The summed E-state index contributed by atoms with van der Waals surface area (Å²) < 4.78 is 0. The lowest BCUT2D eigenvalue weighted by atomic mass is 9.76. The molecule has 0 spiro atoms. The predicted molar refractivity (Wildman–Crippen MR) is 112 cm³/mol. The SMILES string of the molecule is Br.Br.C1C2CC3CC1CP(C2)C3.C1C2CC3CC1CP(C2)C3. The van der Waals surface area contributed by atoms with Crippen molar-refractivity contribution in [3.05, 3.63) is 0 Å². The van der Waals surface area contributed by atoms with E-state index in [1.54, 1.807) is 75.5 Å². The first-order valence-corrected chi connectivity index (χ1v) is 13.0. The van der Waals surface area contributed by atoms with Gasteiger partial charge in [-0.2, -0.15) is 0 Å². The molecule has 0 atom stereocenters. The maximum Gasteiger partial charge on any atom is -0.0297 e. The summed E-state index contributed by atoms with van der Waals surface area (Å²) in [5.41, 5.74) is 0. The molecule has 0 aromatic rings. The summed E-state index contributed by atoms with van der Waals surface area (Å²) in [7, 11) is 1.18. The Balaban J connectivity index is 0.000000120. The molecule has 6 heterocycles. The molecule has 8 fully saturated rings. The molecule has 8 aliphatic rings. The van der Waals surface area contributed by atoms with Crippen molar-refractivity contribution in [3.63, 3.8) is 0 Å². The Labute approximate surface area is 160 Å². The van der Waals surface area contributed by atoms with E-state index >= 15 is 0 Å². The van der Waals surface area contributed by atoms with Gasteiger partial charge in [-0.3, -0.25) is 0 Å². The highest BCUT2D eigenvalue weighted by molar-refractivity contribution is 8.93. The molecule has 0 nitrogen and oxygen atoms in total. The van der Waals surface area contributed by atoms with Crippen LogP contribution in [0.1, 0.15) is 38.5 Å². The second kappa shape index (κ2) is 7.60. The third-order valence-electron chi connectivity index (χ3n) is 7.10. The minimum Gasteiger partial charge on any atom is -0.114 e. The van der Waals surface area contributed by atoms with E-state index in [9.17, 15) is 0 Å². The fourth-order valence-electron chi connectivity index (χ4n) is 6.94. The van der Waals surface area contributed by atoms with E-state index in [0.29, 0.717) is 15.8 Å². The first-order valence-electron chi connectivity index (χ1n) is 9.25. The van der Waals surface area contributed by atoms with Gasteiger partial charge in [0.25, 0.3) is 0 Å². The van der Waals surface area contributed by atoms with Gasteiger partial charge in [0.15, 0.2) is 0 Å². The molecule has 0 N–H and O–H groups in total. The quantitative estimate of drug-likeness (QED) is 0.370. The van der Waals surface area contributed by atoms with Crippen molar-refractivity contribution in [2.24, 2.45) is 35.5 Å². The van der Waals surface area contributed by atoms with Crippen LogP contribution in [0.25, 0.3) is 0 Å². The van der Waals surface area contributed by atoms with E-state index in [4.69, 9.17) is 0 Å². The fraction of sp³-hybridized carbons (Fsp3) is 1.00. The molecule has 0 radical (unpaired) electrons. The van der Waals surface area contributed by atoms with Crippen molar-refractivity contribution >= 4 is 49.8 Å². The van der Waals surface area contributed by atoms with Crippen LogP contribution in [0, 0.1) is 35.5 Å². The maximum absolute atomic E-state index is 1.67. The molecule has 4 heteroatoms. The highest BCUT2D eigenvalue weighted by Gasteiger charge is 2.42. The Morgan fingerprint density at radius 3 is 0.682 bits per heavy atom. The summed E-state index contributed by atoms with van der Waals surface area (Å²) in [4.78, 5) is 0. The number of hydrogen-bond acceptors (Lipinski definition) is 0. The molecule has 2 saturated carbocycles. The van der Waals surface area contributed by atoms with Gasteiger partial charge < -0.3 is 0 Å². The summed E-state index contributed by atoms with van der Waals surface area (Å²) in [6.45, 7) is 0. The standard InChI is InChI=1S/2C9H15P.2BrH/c2*1-7-2-9-3-8(1)5-10(4-7)6-9;;/h2*7-9H,1-6H2;2*1H. The van der Waals surface area contributed by atoms with Crippen molar-refractivity contribution in [1.29, 1.82) is 0 Å². The molecule has 0 aromatic carbocycles. The van der Waals surface area contributed by atoms with Crippen molar-refractivity contribution in [3.8, 4) is 0 Å². The molecular weight excluding hydrogens is 438 g/mol. The Morgan fingerprint density at radius 1 is 0.364 bits per heavy atom. The van der Waals surface area contributed by atoms with Crippen LogP contribution in [-0.2, 0) is 0 Å². The summed E-state index contributed by atoms with van der Waals surface area (Å²) in [6.07, 6.45) is 19.7. The van der Waals surface area contributed by atoms with Gasteiger partial charge in [0.2, 0.25) is 0 Å². The Hall–Kier alpha value is 1.82. The lowest BCUT2D eigenvalue weighted by Gasteiger charge is -2.49. The molecule has 0 amide bonds. The molecule has 0 aromatic heterocycles. The second-order valence-electron chi connectivity index (χ2n) is 9.05. The normalized spacial score (nSPS) is 52.4. The average molecular weight is 470 g/mol. The van der Waals surface area contributed by atoms with Gasteiger partial charge in [-0.25, -0.2) is 0 Å². The van der Waals surface area contributed by atoms with Gasteiger partial charge in [0.05, 0.1) is 0 Å². The zero-order chi connectivity index (χ0) is 13.1. The largest absolute Gasteiger partial charge is 0.114 e. The Bertz CT molecular complexity index is 238. The minimum absolute atomic E-state index is 0. The van der Waals surface area contributed by atoms with Crippen molar-refractivity contribution in [2.45, 2.75) is 38.5 Å². The van der Waals surface area contributed by atoms with Crippen molar-refractivity contribution in [1.82, 2.24) is 0 Å². The van der Waals surface area contributed by atoms with Gasteiger partial charge in [-0.15, -0.1) is 49.8 Å². The summed E-state index contributed by atoms with van der Waals surface area (Å²) >= 11 is 0. The van der Waals surface area contributed by atoms with Gasteiger partial charge in [-0.05, 0) is 111 Å². The topological polar surface area (TPSA) is 0 Å². The minimum atomic E-state index is 0. The average Bonchev–Trinajstić information content (AvgIpc) is 2.35. The van der Waals surface area contributed by atoms with E-state index in [0.717, 1.165) is 0 Å². The molecule has 8 bridgehead atoms. The van der Waals surface area contributed by atoms with Gasteiger partial charge >= 0.3 is 0 Å². The molecule has 128 valence electrons. The van der Waals surface area contributed by atoms with Gasteiger partial charge in [-0.1, -0.05) is 0 Å². The van der Waals surface area contributed by atoms with E-state index in [-0.39, 0.29) is 34.0 Å². The van der Waals surface area contributed by atoms with Gasteiger partial charge in [0.1, 0.15) is 0 Å². The van der Waals surface area contributed by atoms with Crippen molar-refractivity contribution < 1.29 is 0 Å². The van der Waals surface area contributed by atoms with Crippen LogP contribution in [0.2, 0.25) is 0 Å². The Morgan fingerprint density at radius 2 is 0.545 bits per heavy atom. The molecule has 6 saturated heterocycles. The lowest BCUT2D eigenvalue weighted by molar-refractivity contribution is 0.212. The first-order chi connectivity index (χ1) is 9.80. The maximum atomic E-state index is 1.67. The summed E-state index contributed by atoms with van der Waals surface area (Å²) in [5.74, 6) is 7.24. The second-order valence-corrected chi connectivity index (χ2v) is 13.9. The zero-order valence-electron chi connectivity index (χ0n) is 13.7. The first kappa shape index (κ1) is 18.6. The smallest absolute Gasteiger partial charge is 0.0297 e. The molecule has 8 rings (SSSR count). The Kier molecular flexibility index (Phi) is 6.42.